The molecule has 13 heteroatoms. The molecule has 0 saturated carbocycles. The molecule has 2 aromatic rings. The Hall–Kier alpha value is -4.00. The van der Waals surface area contributed by atoms with Gasteiger partial charge in [0.15, 0.2) is 0 Å². The molecule has 9 nitrogen and oxygen atoms in total. The highest BCUT2D eigenvalue weighted by Gasteiger charge is 2.58. The van der Waals surface area contributed by atoms with Gasteiger partial charge in [0.05, 0.1) is 5.92 Å². The molecule has 1 spiro atoms. The van der Waals surface area contributed by atoms with Crippen LogP contribution in [-0.4, -0.2) is 65.5 Å². The monoisotopic (exact) mass is 562 g/mol. The minimum absolute atomic E-state index is 0.0831. The molecule has 0 unspecified atom stereocenters. The molecule has 3 aliphatic rings. The summed E-state index contributed by atoms with van der Waals surface area (Å²) in [6, 6.07) is 7.21. The van der Waals surface area contributed by atoms with Crippen LogP contribution in [0.2, 0.25) is 0 Å². The number of fused-ring (bicyclic) bond motifs is 2. The number of nitrogens with one attached hydrogen (secondary N) is 2. The predicted octanol–water partition coefficient (Wildman–Crippen LogP) is 3.08. The first-order valence-electron chi connectivity index (χ1n) is 12.7. The first-order chi connectivity index (χ1) is 18.9. The van der Waals surface area contributed by atoms with Crippen LogP contribution in [0.4, 0.5) is 28.0 Å². The molecule has 2 fully saturated rings. The lowest BCUT2D eigenvalue weighted by Gasteiger charge is -2.31. The Kier molecular flexibility index (Phi) is 7.02. The third kappa shape index (κ3) is 5.01. The van der Waals surface area contributed by atoms with Crippen molar-refractivity contribution in [3.63, 3.8) is 0 Å². The van der Waals surface area contributed by atoms with Crippen molar-refractivity contribution in [3.05, 3.63) is 65.0 Å². The molecule has 0 aromatic heterocycles. The van der Waals surface area contributed by atoms with E-state index in [0.29, 0.717) is 46.1 Å². The molecule has 5 rings (SSSR count). The molecule has 212 valence electrons. The number of aryl methyl sites for hydroxylation is 1. The van der Waals surface area contributed by atoms with Crippen LogP contribution in [0, 0.1) is 11.7 Å². The number of carbonyl (C=O) groups excluding carboxylic acids is 4. The maximum absolute atomic E-state index is 13.6. The first-order valence-corrected chi connectivity index (χ1v) is 12.7. The lowest BCUT2D eigenvalue weighted by molar-refractivity contribution is -0.187. The van der Waals surface area contributed by atoms with E-state index in [0.717, 1.165) is 19.1 Å². The summed E-state index contributed by atoms with van der Waals surface area (Å²) in [4.78, 5) is 52.7. The number of ether oxygens (including phenoxy) is 1. The fraction of sp³-hybridized carbons (Fsp3) is 0.407. The average Bonchev–Trinajstić information content (AvgIpc) is 3.33. The Balaban J connectivity index is 1.34. The van der Waals surface area contributed by atoms with Crippen molar-refractivity contribution in [2.24, 2.45) is 5.92 Å². The number of nitrogens with zero attached hydrogens (tertiary/aromatic N) is 2. The molecule has 2 N–H and O–H groups in total. The fourth-order valence-electron chi connectivity index (χ4n) is 5.08. The van der Waals surface area contributed by atoms with Crippen molar-refractivity contribution in [2.75, 3.05) is 25.0 Å². The third-order valence-corrected chi connectivity index (χ3v) is 7.60. The zero-order valence-electron chi connectivity index (χ0n) is 21.4. The molecular weight excluding hydrogens is 536 g/mol. The quantitative estimate of drug-likeness (QED) is 0.503. The van der Waals surface area contributed by atoms with Gasteiger partial charge >= 0.3 is 12.3 Å². The van der Waals surface area contributed by atoms with Gasteiger partial charge in [-0.3, -0.25) is 14.4 Å². The van der Waals surface area contributed by atoms with Gasteiger partial charge in [0.2, 0.25) is 17.4 Å². The van der Waals surface area contributed by atoms with E-state index in [1.807, 2.05) is 0 Å². The molecule has 2 heterocycles. The predicted molar refractivity (Wildman–Crippen MR) is 132 cm³/mol. The lowest BCUT2D eigenvalue weighted by atomic mass is 9.94. The topological polar surface area (TPSA) is 108 Å². The van der Waals surface area contributed by atoms with E-state index in [1.165, 1.54) is 12.1 Å². The summed E-state index contributed by atoms with van der Waals surface area (Å²) in [7, 11) is 0. The van der Waals surface area contributed by atoms with Crippen molar-refractivity contribution < 1.29 is 41.5 Å². The van der Waals surface area contributed by atoms with E-state index >= 15 is 0 Å². The van der Waals surface area contributed by atoms with Gasteiger partial charge in [-0.05, 0) is 48.7 Å². The van der Waals surface area contributed by atoms with Crippen molar-refractivity contribution >= 4 is 29.5 Å². The van der Waals surface area contributed by atoms with Crippen LogP contribution in [0.3, 0.4) is 0 Å². The maximum atomic E-state index is 13.6. The van der Waals surface area contributed by atoms with Crippen LogP contribution >= 0.6 is 0 Å². The van der Waals surface area contributed by atoms with Crippen LogP contribution in [0.15, 0.2) is 42.5 Å². The van der Waals surface area contributed by atoms with Gasteiger partial charge in [0, 0.05) is 37.3 Å². The summed E-state index contributed by atoms with van der Waals surface area (Å²) in [5.41, 5.74) is 0.122. The van der Waals surface area contributed by atoms with E-state index in [-0.39, 0.29) is 23.8 Å². The van der Waals surface area contributed by atoms with Crippen molar-refractivity contribution in [1.82, 2.24) is 15.1 Å². The van der Waals surface area contributed by atoms with Gasteiger partial charge in [-0.1, -0.05) is 18.2 Å². The van der Waals surface area contributed by atoms with Gasteiger partial charge in [0.25, 0.3) is 5.91 Å². The normalized spacial score (nSPS) is 21.2. The van der Waals surface area contributed by atoms with Crippen molar-refractivity contribution in [1.29, 1.82) is 0 Å². The highest BCUT2D eigenvalue weighted by atomic mass is 19.4. The SMILES string of the molecule is C[C@H](N(Cc1ccc(F)cc1)C(=O)CN1C(=O)O[C@]2(CCc3cc(NC(=O)C4CNC4)ccc32)C1=O)C(F)(F)F. The number of benzene rings is 2. The molecule has 0 bridgehead atoms. The van der Waals surface area contributed by atoms with E-state index < -0.39 is 54.6 Å². The number of amides is 4. The Morgan fingerprint density at radius 3 is 2.50 bits per heavy atom. The Labute approximate surface area is 226 Å². The van der Waals surface area contributed by atoms with Gasteiger partial charge in [-0.15, -0.1) is 0 Å². The van der Waals surface area contributed by atoms with E-state index in [4.69, 9.17) is 4.74 Å². The van der Waals surface area contributed by atoms with Gasteiger partial charge in [-0.25, -0.2) is 14.1 Å². The van der Waals surface area contributed by atoms with Crippen molar-refractivity contribution in [3.8, 4) is 0 Å². The standard InChI is InChI=1S/C27H26F4N4O5/c1-15(27(29,30)31)34(13-16-2-4-19(28)5-3-16)22(36)14-35-24(38)26(40-25(35)39)9-8-17-10-20(6-7-21(17)26)33-23(37)18-11-32-12-18/h2-7,10,15,18,32H,8-9,11-14H2,1H3,(H,33,37)/t15-,26-/m0/s1. The smallest absolute Gasteiger partial charge is 0.418 e. The van der Waals surface area contributed by atoms with E-state index in [9.17, 15) is 36.7 Å². The molecule has 2 aliphatic heterocycles. The molecular formula is C27H26F4N4O5. The summed E-state index contributed by atoms with van der Waals surface area (Å²) >= 11 is 0. The molecule has 1 aliphatic carbocycles. The van der Waals surface area contributed by atoms with Crippen LogP contribution in [0.25, 0.3) is 0 Å². The summed E-state index contributed by atoms with van der Waals surface area (Å²) in [5.74, 6) is -2.84. The molecule has 0 radical (unpaired) electrons. The van der Waals surface area contributed by atoms with E-state index in [2.05, 4.69) is 10.6 Å². The molecule has 2 atom stereocenters. The first kappa shape index (κ1) is 27.6. The van der Waals surface area contributed by atoms with Crippen LogP contribution in [-0.2, 0) is 37.7 Å². The van der Waals surface area contributed by atoms with Crippen LogP contribution in [0.5, 0.6) is 0 Å². The number of hydrogen-bond acceptors (Lipinski definition) is 6. The Bertz CT molecular complexity index is 1360. The van der Waals surface area contributed by atoms with Crippen LogP contribution < -0.4 is 10.6 Å². The number of carbonyl (C=O) groups is 4. The number of hydrogen-bond donors (Lipinski definition) is 2. The molecule has 4 amide bonds. The summed E-state index contributed by atoms with van der Waals surface area (Å²) in [6.45, 7) is 0.484. The highest BCUT2D eigenvalue weighted by molar-refractivity contribution is 6.06. The molecule has 40 heavy (non-hydrogen) atoms. The second-order valence-electron chi connectivity index (χ2n) is 10.2. The summed E-state index contributed by atoms with van der Waals surface area (Å²) in [5, 5.41) is 5.84. The van der Waals surface area contributed by atoms with E-state index in [1.54, 1.807) is 18.2 Å². The molecule has 2 aromatic carbocycles. The zero-order valence-corrected chi connectivity index (χ0v) is 21.4. The zero-order chi connectivity index (χ0) is 28.8. The summed E-state index contributed by atoms with van der Waals surface area (Å²) < 4.78 is 59.7. The van der Waals surface area contributed by atoms with Crippen LogP contribution in [0.1, 0.15) is 30.0 Å². The number of imide groups is 1. The second kappa shape index (κ2) is 10.2. The van der Waals surface area contributed by atoms with Gasteiger partial charge in [-0.2, -0.15) is 13.2 Å². The van der Waals surface area contributed by atoms with Crippen molar-refractivity contribution in [2.45, 2.75) is 44.1 Å². The fourth-order valence-corrected chi connectivity index (χ4v) is 5.08. The molecule has 2 saturated heterocycles. The minimum atomic E-state index is -4.79. The Morgan fingerprint density at radius 1 is 1.18 bits per heavy atom. The van der Waals surface area contributed by atoms with Gasteiger partial charge < -0.3 is 20.3 Å². The summed E-state index contributed by atoms with van der Waals surface area (Å²) in [6.07, 6.45) is -5.51. The largest absolute Gasteiger partial charge is 0.427 e. The third-order valence-electron chi connectivity index (χ3n) is 7.60. The van der Waals surface area contributed by atoms with Gasteiger partial charge in [0.1, 0.15) is 18.4 Å². The maximum Gasteiger partial charge on any atom is 0.418 e. The minimum Gasteiger partial charge on any atom is -0.427 e. The number of halogens is 4. The lowest BCUT2D eigenvalue weighted by Crippen LogP contribution is -2.51. The Morgan fingerprint density at radius 2 is 1.88 bits per heavy atom. The highest BCUT2D eigenvalue weighted by Crippen LogP contribution is 2.46. The number of alkyl halides is 3. The number of rotatable bonds is 7. The average molecular weight is 563 g/mol. The number of anilines is 1. The second-order valence-corrected chi connectivity index (χ2v) is 10.2.